The molecular weight excluding hydrogens is 785 g/mol. The number of amides is 1. The number of carbonyl (C=O) groups excluding carboxylic acids is 4. The molecule has 1 aliphatic carbocycles. The standard InChI is InChI=1S/C46H68N4O11/c1-12-35-46(8)40(50(44(56)61-46)30-20-29(21-30)15-13-16-31-34(51)23-48-32-17-14-18-47-36(31)32)26(4)37(52)24(2)22-45(7,57-11)41(27(5)38(53)28(6)42(55)59-35)60-43-39(54)33(49(9)10)19-25(3)58-43/h14,17-18,23-30,33,35,39-41,43,51,54H,12-13,15-16,19-22H2,1-11H3/t24-,25-,26+,27+,28-,29?,30?,33+,35-,39-,40-,41-,43+,45-,46-/m1/s1. The number of aromatic nitrogens is 2. The summed E-state index contributed by atoms with van der Waals surface area (Å²) in [6.07, 6.45) is 2.77. The summed E-state index contributed by atoms with van der Waals surface area (Å²) in [5, 5.41) is 22.1. The molecule has 61 heavy (non-hydrogen) atoms. The molecule has 0 spiro atoms. The summed E-state index contributed by atoms with van der Waals surface area (Å²) in [5.74, 6) is -4.54. The van der Waals surface area contributed by atoms with Crippen molar-refractivity contribution in [1.29, 1.82) is 0 Å². The molecule has 4 aliphatic rings. The van der Waals surface area contributed by atoms with Gasteiger partial charge in [-0.1, -0.05) is 27.7 Å². The molecule has 6 rings (SSSR count). The topological polar surface area (TPSA) is 187 Å². The Morgan fingerprint density at radius 1 is 1.00 bits per heavy atom. The van der Waals surface area contributed by atoms with Crippen LogP contribution in [0.2, 0.25) is 0 Å². The minimum atomic E-state index is -1.41. The van der Waals surface area contributed by atoms with Crippen LogP contribution in [0.5, 0.6) is 5.75 Å². The number of aromatic hydroxyl groups is 1. The summed E-state index contributed by atoms with van der Waals surface area (Å²) in [7, 11) is 5.24. The van der Waals surface area contributed by atoms with E-state index < -0.39 is 83.4 Å². The van der Waals surface area contributed by atoms with Gasteiger partial charge in [0.2, 0.25) is 0 Å². The van der Waals surface area contributed by atoms with Crippen molar-refractivity contribution >= 4 is 34.7 Å². The molecule has 3 aliphatic heterocycles. The van der Waals surface area contributed by atoms with Crippen LogP contribution in [0.4, 0.5) is 4.79 Å². The normalized spacial score (nSPS) is 39.1. The molecule has 3 saturated heterocycles. The van der Waals surface area contributed by atoms with E-state index in [1.54, 1.807) is 31.9 Å². The summed E-state index contributed by atoms with van der Waals surface area (Å²) in [6.45, 7) is 14.0. The number of hydrogen-bond acceptors (Lipinski definition) is 14. The van der Waals surface area contributed by atoms with Crippen molar-refractivity contribution in [1.82, 2.24) is 19.8 Å². The third-order valence-corrected chi connectivity index (χ3v) is 14.5. The molecule has 2 aromatic heterocycles. The summed E-state index contributed by atoms with van der Waals surface area (Å²) in [4.78, 5) is 69.7. The lowest BCUT2D eigenvalue weighted by atomic mass is 9.71. The zero-order chi connectivity index (χ0) is 44.7. The van der Waals surface area contributed by atoms with Crippen LogP contribution in [-0.2, 0) is 44.5 Å². The number of likely N-dealkylation sites (N-methyl/N-ethyl adjacent to an activating group) is 1. The molecule has 0 aromatic carbocycles. The SMILES string of the molecule is CC[C@H]1OC(=O)[C@H](C)C(=O)[C@H](C)[C@@H](O[C@@H]2O[C@H](C)C[C@H](N(C)C)[C@H]2O)[C@](C)(OC)C[C@@H](C)C(=O)[C@H](C)[C@H]2N(C3CC(CCCc4c(O)cnc5cccnc45)C3)C(=O)O[C@]12C. The molecule has 1 saturated carbocycles. The lowest BCUT2D eigenvalue weighted by Gasteiger charge is -2.48. The third kappa shape index (κ3) is 9.05. The predicted octanol–water partition coefficient (Wildman–Crippen LogP) is 5.64. The number of ether oxygens (including phenoxy) is 5. The number of aryl methyl sites for hydroxylation is 1. The Kier molecular flexibility index (Phi) is 14.2. The van der Waals surface area contributed by atoms with Crippen LogP contribution in [0.1, 0.15) is 106 Å². The fourth-order valence-electron chi connectivity index (χ4n) is 10.8. The Labute approximate surface area is 360 Å². The van der Waals surface area contributed by atoms with E-state index in [0.29, 0.717) is 37.1 Å². The predicted molar refractivity (Wildman–Crippen MR) is 225 cm³/mol. The smallest absolute Gasteiger partial charge is 0.411 e. The number of carbonyl (C=O) groups is 4. The van der Waals surface area contributed by atoms with Crippen LogP contribution in [0.25, 0.3) is 11.0 Å². The van der Waals surface area contributed by atoms with E-state index >= 15 is 0 Å². The molecule has 2 N–H and O–H groups in total. The second-order valence-electron chi connectivity index (χ2n) is 19.0. The maximum absolute atomic E-state index is 14.8. The highest BCUT2D eigenvalue weighted by Crippen LogP contribution is 2.48. The molecular formula is C46H68N4O11. The van der Waals surface area contributed by atoms with Gasteiger partial charge >= 0.3 is 12.1 Å². The van der Waals surface area contributed by atoms with Crippen molar-refractivity contribution in [3.63, 3.8) is 0 Å². The van der Waals surface area contributed by atoms with Crippen LogP contribution in [0, 0.1) is 29.6 Å². The number of Topliss-reactive ketones (excluding diaryl/α,β-unsaturated/α-hetero) is 2. The summed E-state index contributed by atoms with van der Waals surface area (Å²) in [6, 6.07) is 2.41. The van der Waals surface area contributed by atoms with Crippen molar-refractivity contribution in [2.24, 2.45) is 29.6 Å². The highest BCUT2D eigenvalue weighted by Gasteiger charge is 2.62. The Hall–Kier alpha value is -3.76. The van der Waals surface area contributed by atoms with Crippen LogP contribution < -0.4 is 0 Å². The minimum Gasteiger partial charge on any atom is -0.506 e. The molecule has 2 aromatic rings. The largest absolute Gasteiger partial charge is 0.506 e. The minimum absolute atomic E-state index is 0.122. The fraction of sp³-hybridized carbons (Fsp3) is 0.739. The molecule has 4 fully saturated rings. The number of hydrogen-bond donors (Lipinski definition) is 2. The maximum atomic E-state index is 14.8. The van der Waals surface area contributed by atoms with Gasteiger partial charge in [-0.25, -0.2) is 4.79 Å². The summed E-state index contributed by atoms with van der Waals surface area (Å²) in [5.41, 5.74) is -0.501. The molecule has 15 nitrogen and oxygen atoms in total. The molecule has 5 heterocycles. The first-order chi connectivity index (χ1) is 28.8. The van der Waals surface area contributed by atoms with E-state index in [9.17, 15) is 29.4 Å². The highest BCUT2D eigenvalue weighted by atomic mass is 16.7. The number of fused-ring (bicyclic) bond motifs is 2. The number of pyridine rings is 2. The van der Waals surface area contributed by atoms with Gasteiger partial charge in [0.25, 0.3) is 0 Å². The van der Waals surface area contributed by atoms with E-state index in [1.807, 2.05) is 58.8 Å². The first-order valence-corrected chi connectivity index (χ1v) is 22.2. The zero-order valence-corrected chi connectivity index (χ0v) is 37.8. The monoisotopic (exact) mass is 852 g/mol. The van der Waals surface area contributed by atoms with Crippen molar-refractivity contribution in [3.05, 3.63) is 30.1 Å². The number of esters is 1. The van der Waals surface area contributed by atoms with E-state index in [1.165, 1.54) is 20.2 Å². The van der Waals surface area contributed by atoms with E-state index in [2.05, 4.69) is 9.97 Å². The Balaban J connectivity index is 1.26. The van der Waals surface area contributed by atoms with Crippen LogP contribution >= 0.6 is 0 Å². The van der Waals surface area contributed by atoms with Gasteiger partial charge in [0.05, 0.1) is 41.1 Å². The molecule has 1 amide bonds. The van der Waals surface area contributed by atoms with Crippen molar-refractivity contribution in [2.45, 2.75) is 167 Å². The first kappa shape index (κ1) is 46.7. The average Bonchev–Trinajstić information content (AvgIpc) is 3.48. The van der Waals surface area contributed by atoms with Gasteiger partial charge in [0.1, 0.15) is 29.7 Å². The van der Waals surface area contributed by atoms with Crippen molar-refractivity contribution in [3.8, 4) is 5.75 Å². The lowest BCUT2D eigenvalue weighted by Crippen LogP contribution is -2.61. The third-order valence-electron chi connectivity index (χ3n) is 14.5. The Bertz CT molecular complexity index is 1920. The molecule has 13 atom stereocenters. The fourth-order valence-corrected chi connectivity index (χ4v) is 10.8. The Morgan fingerprint density at radius 2 is 1.70 bits per heavy atom. The number of methoxy groups -OCH3 is 1. The van der Waals surface area contributed by atoms with Gasteiger partial charge in [0, 0.05) is 48.7 Å². The summed E-state index contributed by atoms with van der Waals surface area (Å²) < 4.78 is 31.4. The number of aliphatic hydroxyl groups excluding tert-OH is 1. The molecule has 338 valence electrons. The van der Waals surface area contributed by atoms with Gasteiger partial charge in [-0.3, -0.25) is 29.3 Å². The van der Waals surface area contributed by atoms with Crippen LogP contribution in [0.15, 0.2) is 24.5 Å². The lowest BCUT2D eigenvalue weighted by molar-refractivity contribution is -0.295. The second-order valence-corrected chi connectivity index (χ2v) is 19.0. The van der Waals surface area contributed by atoms with Gasteiger partial charge in [-0.05, 0) is 111 Å². The van der Waals surface area contributed by atoms with E-state index in [0.717, 1.165) is 23.9 Å². The summed E-state index contributed by atoms with van der Waals surface area (Å²) >= 11 is 0. The van der Waals surface area contributed by atoms with Gasteiger partial charge < -0.3 is 38.8 Å². The Morgan fingerprint density at radius 3 is 2.36 bits per heavy atom. The molecule has 0 radical (unpaired) electrons. The zero-order valence-electron chi connectivity index (χ0n) is 37.8. The van der Waals surface area contributed by atoms with Crippen molar-refractivity contribution in [2.75, 3.05) is 21.2 Å². The number of rotatable bonds is 10. The first-order valence-electron chi connectivity index (χ1n) is 22.2. The molecule has 15 heteroatoms. The van der Waals surface area contributed by atoms with Crippen LogP contribution in [-0.4, -0.2) is 135 Å². The number of ketones is 2. The van der Waals surface area contributed by atoms with E-state index in [-0.39, 0.29) is 42.6 Å². The second kappa shape index (κ2) is 18.5. The highest BCUT2D eigenvalue weighted by molar-refractivity contribution is 6.00. The van der Waals surface area contributed by atoms with Gasteiger partial charge in [-0.15, -0.1) is 0 Å². The average molecular weight is 853 g/mol. The number of aliphatic hydroxyl groups is 1. The van der Waals surface area contributed by atoms with Crippen LogP contribution in [0.3, 0.4) is 0 Å². The van der Waals surface area contributed by atoms with E-state index in [4.69, 9.17) is 23.7 Å². The van der Waals surface area contributed by atoms with Gasteiger partial charge in [0.15, 0.2) is 17.7 Å². The number of nitrogens with zero attached hydrogens (tertiary/aromatic N) is 4. The maximum Gasteiger partial charge on any atom is 0.411 e. The molecule has 0 unspecified atom stereocenters. The van der Waals surface area contributed by atoms with Crippen molar-refractivity contribution < 1.29 is 53.1 Å². The van der Waals surface area contributed by atoms with Gasteiger partial charge in [-0.2, -0.15) is 0 Å². The molecule has 0 bridgehead atoms. The quantitative estimate of drug-likeness (QED) is 0.221. The number of cyclic esters (lactones) is 1.